The Hall–Kier alpha value is -2.14. The van der Waals surface area contributed by atoms with Crippen LogP contribution in [-0.2, 0) is 28.7 Å². The van der Waals surface area contributed by atoms with Gasteiger partial charge in [-0.25, -0.2) is 9.59 Å². The molecule has 0 aliphatic rings. The third-order valence-electron chi connectivity index (χ3n) is 2.07. The largest absolute Gasteiger partial charge is 0.447 e. The predicted octanol–water partition coefficient (Wildman–Crippen LogP) is 1.11. The van der Waals surface area contributed by atoms with Gasteiger partial charge in [-0.2, -0.15) is 26.3 Å². The van der Waals surface area contributed by atoms with Crippen LogP contribution in [0.1, 0.15) is 13.8 Å². The van der Waals surface area contributed by atoms with E-state index in [1.54, 1.807) is 0 Å². The number of halogens is 6. The van der Waals surface area contributed by atoms with Gasteiger partial charge in [-0.15, -0.1) is 0 Å². The first-order valence-electron chi connectivity index (χ1n) is 5.31. The monoisotopic (exact) mass is 338 g/mol. The molecule has 0 aromatic heterocycles. The Morgan fingerprint density at radius 1 is 0.682 bits per heavy atom. The van der Waals surface area contributed by atoms with Gasteiger partial charge in [-0.3, -0.25) is 9.59 Å². The molecule has 0 rings (SSSR count). The molecule has 0 spiro atoms. The van der Waals surface area contributed by atoms with Gasteiger partial charge >= 0.3 is 35.9 Å². The quantitative estimate of drug-likeness (QED) is 0.323. The van der Waals surface area contributed by atoms with Crippen molar-refractivity contribution in [3.05, 3.63) is 0 Å². The maximum atomic E-state index is 12.0. The van der Waals surface area contributed by atoms with E-state index in [2.05, 4.69) is 9.47 Å². The maximum absolute atomic E-state index is 12.0. The lowest BCUT2D eigenvalue weighted by atomic mass is 10.2. The molecule has 0 aliphatic heterocycles. The minimum atomic E-state index is -5.04. The molecule has 2 unspecified atom stereocenters. The van der Waals surface area contributed by atoms with Gasteiger partial charge in [0.2, 0.25) is 0 Å². The third-order valence-corrected chi connectivity index (χ3v) is 2.07. The molecule has 0 N–H and O–H groups in total. The highest BCUT2D eigenvalue weighted by Crippen LogP contribution is 2.23. The topological polar surface area (TPSA) is 86.7 Å². The molecule has 0 aliphatic carbocycles. The molecular weight excluding hydrogens is 330 g/mol. The van der Waals surface area contributed by atoms with Crippen LogP contribution >= 0.6 is 0 Å². The van der Waals surface area contributed by atoms with Crippen LogP contribution < -0.4 is 0 Å². The van der Waals surface area contributed by atoms with Gasteiger partial charge in [0.05, 0.1) is 0 Å². The van der Waals surface area contributed by atoms with Gasteiger partial charge in [0, 0.05) is 0 Å². The van der Waals surface area contributed by atoms with Crippen LogP contribution in [0.25, 0.3) is 0 Å². The lowest BCUT2D eigenvalue weighted by molar-refractivity contribution is -0.217. The van der Waals surface area contributed by atoms with Crippen LogP contribution in [0.5, 0.6) is 0 Å². The summed E-state index contributed by atoms with van der Waals surface area (Å²) in [5, 5.41) is 0. The van der Waals surface area contributed by atoms with Gasteiger partial charge in [0.15, 0.2) is 12.2 Å². The van der Waals surface area contributed by atoms with Crippen LogP contribution in [0.15, 0.2) is 0 Å². The average Bonchev–Trinajstić information content (AvgIpc) is 2.34. The second-order valence-corrected chi connectivity index (χ2v) is 3.84. The van der Waals surface area contributed by atoms with Crippen molar-refractivity contribution in [1.82, 2.24) is 0 Å². The summed E-state index contributed by atoms with van der Waals surface area (Å²) in [6, 6.07) is 0. The summed E-state index contributed by atoms with van der Waals surface area (Å²) in [5.41, 5.74) is 0. The lowest BCUT2D eigenvalue weighted by Gasteiger charge is -2.16. The van der Waals surface area contributed by atoms with Crippen molar-refractivity contribution in [2.45, 2.75) is 38.4 Å². The van der Waals surface area contributed by atoms with Crippen molar-refractivity contribution in [1.29, 1.82) is 0 Å². The molecule has 0 fully saturated rings. The van der Waals surface area contributed by atoms with Crippen molar-refractivity contribution in [3.8, 4) is 0 Å². The zero-order valence-corrected chi connectivity index (χ0v) is 10.9. The summed E-state index contributed by atoms with van der Waals surface area (Å²) in [7, 11) is 0. The zero-order chi connectivity index (χ0) is 17.9. The van der Waals surface area contributed by atoms with Gasteiger partial charge in [-0.1, -0.05) is 0 Å². The fourth-order valence-electron chi connectivity index (χ4n) is 0.747. The normalized spacial score (nSPS) is 14.7. The molecule has 0 aromatic carbocycles. The smallest absolute Gasteiger partial charge is 0.425 e. The Kier molecular flexibility index (Phi) is 6.09. The molecule has 6 nitrogen and oxygen atoms in total. The fraction of sp³-hybridized carbons (Fsp3) is 0.600. The van der Waals surface area contributed by atoms with E-state index in [1.807, 2.05) is 0 Å². The first-order valence-corrected chi connectivity index (χ1v) is 5.31. The lowest BCUT2D eigenvalue weighted by Crippen LogP contribution is -2.40. The first kappa shape index (κ1) is 19.9. The summed E-state index contributed by atoms with van der Waals surface area (Å²) >= 11 is 0. The first-order chi connectivity index (χ1) is 9.67. The van der Waals surface area contributed by atoms with Crippen LogP contribution in [0.2, 0.25) is 0 Å². The summed E-state index contributed by atoms with van der Waals surface area (Å²) in [6.07, 6.45) is -15.6. The number of hydrogen-bond acceptors (Lipinski definition) is 6. The summed E-state index contributed by atoms with van der Waals surface area (Å²) in [6.45, 7) is 0.666. The molecule has 2 atom stereocenters. The number of Topliss-reactive ketones (excluding diaryl/α,β-unsaturated/α-hetero) is 2. The van der Waals surface area contributed by atoms with E-state index in [-0.39, 0.29) is 0 Å². The molecule has 0 saturated carbocycles. The molecule has 0 radical (unpaired) electrons. The Morgan fingerprint density at radius 3 is 1.09 bits per heavy atom. The average molecular weight is 338 g/mol. The van der Waals surface area contributed by atoms with Crippen LogP contribution in [-0.4, -0.2) is 48.1 Å². The molecule has 0 heterocycles. The minimum absolute atomic E-state index is 0.333. The number of carbonyl (C=O) groups is 4. The molecule has 126 valence electrons. The Balaban J connectivity index is 4.76. The van der Waals surface area contributed by atoms with Crippen molar-refractivity contribution in [3.63, 3.8) is 0 Å². The van der Waals surface area contributed by atoms with Crippen molar-refractivity contribution in [2.24, 2.45) is 0 Å². The zero-order valence-electron chi connectivity index (χ0n) is 10.9. The fourth-order valence-corrected chi connectivity index (χ4v) is 0.747. The second-order valence-electron chi connectivity index (χ2n) is 3.84. The Labute approximate surface area is 118 Å². The molecule has 0 aromatic rings. The Morgan fingerprint density at radius 2 is 0.909 bits per heavy atom. The predicted molar refractivity (Wildman–Crippen MR) is 53.2 cm³/mol. The van der Waals surface area contributed by atoms with E-state index < -0.39 is 48.1 Å². The summed E-state index contributed by atoms with van der Waals surface area (Å²) in [5.74, 6) is -9.44. The summed E-state index contributed by atoms with van der Waals surface area (Å²) in [4.78, 5) is 43.8. The van der Waals surface area contributed by atoms with E-state index in [1.165, 1.54) is 0 Å². The number of rotatable bonds is 5. The van der Waals surface area contributed by atoms with Gasteiger partial charge in [0.25, 0.3) is 0 Å². The molecule has 22 heavy (non-hydrogen) atoms. The van der Waals surface area contributed by atoms with Gasteiger partial charge in [0.1, 0.15) is 0 Å². The Bertz CT molecular complexity index is 435. The van der Waals surface area contributed by atoms with Crippen molar-refractivity contribution >= 4 is 23.5 Å². The minimum Gasteiger partial charge on any atom is -0.447 e. The number of hydrogen-bond donors (Lipinski definition) is 0. The highest BCUT2D eigenvalue weighted by molar-refractivity contribution is 6.76. The van der Waals surface area contributed by atoms with Crippen LogP contribution in [0.4, 0.5) is 26.3 Å². The molecule has 0 saturated heterocycles. The number of ether oxygens (including phenoxy) is 2. The van der Waals surface area contributed by atoms with E-state index in [0.717, 1.165) is 0 Å². The second kappa shape index (κ2) is 6.75. The van der Waals surface area contributed by atoms with E-state index in [4.69, 9.17) is 0 Å². The SMILES string of the molecule is CC(OC(=O)C(=O)C(=O)C(=O)OC(C)C(F)(F)F)C(F)(F)F. The van der Waals surface area contributed by atoms with Crippen LogP contribution in [0, 0.1) is 0 Å². The maximum Gasteiger partial charge on any atom is 0.425 e. The van der Waals surface area contributed by atoms with Gasteiger partial charge in [-0.05, 0) is 13.8 Å². The highest BCUT2D eigenvalue weighted by Gasteiger charge is 2.44. The number of carbonyl (C=O) groups excluding carboxylic acids is 4. The van der Waals surface area contributed by atoms with E-state index in [9.17, 15) is 45.5 Å². The molecule has 0 bridgehead atoms. The number of esters is 2. The van der Waals surface area contributed by atoms with Crippen molar-refractivity contribution < 1.29 is 55.0 Å². The van der Waals surface area contributed by atoms with Crippen molar-refractivity contribution in [2.75, 3.05) is 0 Å². The molecule has 12 heteroatoms. The summed E-state index contributed by atoms with van der Waals surface area (Å²) < 4.78 is 79.4. The molecular formula is C10H8F6O6. The number of alkyl halides is 6. The highest BCUT2D eigenvalue weighted by atomic mass is 19.4. The molecule has 0 amide bonds. The van der Waals surface area contributed by atoms with Crippen LogP contribution in [0.3, 0.4) is 0 Å². The van der Waals surface area contributed by atoms with Gasteiger partial charge < -0.3 is 9.47 Å². The third kappa shape index (κ3) is 5.69. The standard InChI is InChI=1S/C10H8F6O6/c1-3(9(11,12)13)21-7(19)5(17)6(18)8(20)22-4(2)10(14,15)16/h3-4H,1-2H3. The van der Waals surface area contributed by atoms with E-state index in [0.29, 0.717) is 13.8 Å². The number of ketones is 2. The van der Waals surface area contributed by atoms with E-state index >= 15 is 0 Å².